The van der Waals surface area contributed by atoms with Gasteiger partial charge in [0.05, 0.1) is 22.2 Å². The van der Waals surface area contributed by atoms with E-state index in [4.69, 9.17) is 28.0 Å². The molecule has 10 heteroatoms. The Morgan fingerprint density at radius 2 is 2.00 bits per heavy atom. The first-order chi connectivity index (χ1) is 13.3. The number of carbonyl (C=O) groups is 1. The average molecular weight is 434 g/mol. The first-order valence-corrected chi connectivity index (χ1v) is 9.12. The number of hydroxylamine groups is 1. The van der Waals surface area contributed by atoms with E-state index in [1.807, 2.05) is 6.07 Å². The summed E-state index contributed by atoms with van der Waals surface area (Å²) in [6.07, 6.45) is -3.78. The number of halogens is 5. The Hall–Kier alpha value is -2.03. The first-order valence-electron chi connectivity index (χ1n) is 8.36. The van der Waals surface area contributed by atoms with Crippen molar-refractivity contribution in [1.82, 2.24) is 10.3 Å². The van der Waals surface area contributed by atoms with Crippen LogP contribution in [0.2, 0.25) is 10.0 Å². The molecule has 5 nitrogen and oxygen atoms in total. The van der Waals surface area contributed by atoms with E-state index in [1.165, 1.54) is 11.1 Å². The number of benzene rings is 1. The highest BCUT2D eigenvalue weighted by Crippen LogP contribution is 2.34. The summed E-state index contributed by atoms with van der Waals surface area (Å²) >= 11 is 12.1. The number of hydrogen-bond acceptors (Lipinski definition) is 5. The molecule has 1 aliphatic rings. The van der Waals surface area contributed by atoms with Crippen molar-refractivity contribution in [3.63, 3.8) is 0 Å². The number of anilines is 1. The van der Waals surface area contributed by atoms with Crippen molar-refractivity contribution in [3.8, 4) is 0 Å². The Kier molecular flexibility index (Phi) is 6.32. The molecule has 0 amide bonds. The second-order valence-corrected chi connectivity index (χ2v) is 7.18. The number of aromatic nitrogens is 1. The third kappa shape index (κ3) is 4.68. The van der Waals surface area contributed by atoms with Crippen LogP contribution in [-0.2, 0) is 15.8 Å². The van der Waals surface area contributed by atoms with E-state index >= 15 is 0 Å². The highest BCUT2D eigenvalue weighted by molar-refractivity contribution is 6.42. The minimum Gasteiger partial charge on any atom is -0.343 e. The Balaban J connectivity index is 1.79. The second-order valence-electron chi connectivity index (χ2n) is 6.36. The summed E-state index contributed by atoms with van der Waals surface area (Å²) in [4.78, 5) is 19.7. The fourth-order valence-electron chi connectivity index (χ4n) is 3.21. The van der Waals surface area contributed by atoms with Gasteiger partial charge in [-0.1, -0.05) is 29.3 Å². The van der Waals surface area contributed by atoms with Crippen LogP contribution in [0.15, 0.2) is 36.5 Å². The van der Waals surface area contributed by atoms with Gasteiger partial charge in [0, 0.05) is 31.1 Å². The zero-order valence-corrected chi connectivity index (χ0v) is 15.9. The van der Waals surface area contributed by atoms with Gasteiger partial charge in [0.2, 0.25) is 0 Å². The van der Waals surface area contributed by atoms with Gasteiger partial charge < -0.3 is 10.2 Å². The van der Waals surface area contributed by atoms with Crippen LogP contribution in [0, 0.1) is 5.92 Å². The van der Waals surface area contributed by atoms with Gasteiger partial charge in [0.15, 0.2) is 5.82 Å². The van der Waals surface area contributed by atoms with Crippen LogP contribution in [0.25, 0.3) is 0 Å². The van der Waals surface area contributed by atoms with Gasteiger partial charge in [0.1, 0.15) is 0 Å². The molecule has 1 N–H and O–H groups in total. The summed E-state index contributed by atoms with van der Waals surface area (Å²) in [6, 6.07) is 7.44. The van der Waals surface area contributed by atoms with Crippen LogP contribution in [0.4, 0.5) is 19.0 Å². The van der Waals surface area contributed by atoms with Gasteiger partial charge in [0.25, 0.3) is 0 Å². The smallest absolute Gasteiger partial charge is 0.343 e. The lowest BCUT2D eigenvalue weighted by Gasteiger charge is -2.26. The molecule has 1 saturated heterocycles. The quantitative estimate of drug-likeness (QED) is 0.543. The molecule has 0 spiro atoms. The lowest BCUT2D eigenvalue weighted by Crippen LogP contribution is -2.33. The minimum absolute atomic E-state index is 0.00119. The molecular weight excluding hydrogens is 418 g/mol. The van der Waals surface area contributed by atoms with Crippen LogP contribution in [-0.4, -0.2) is 31.1 Å². The normalized spacial score (nSPS) is 19.5. The van der Waals surface area contributed by atoms with Crippen LogP contribution in [0.3, 0.4) is 0 Å². The van der Waals surface area contributed by atoms with Crippen molar-refractivity contribution >= 4 is 35.5 Å². The molecule has 2 unspecified atom stereocenters. The number of nitrogens with zero attached hydrogens (tertiary/aromatic N) is 2. The van der Waals surface area contributed by atoms with E-state index in [2.05, 4.69) is 10.3 Å². The van der Waals surface area contributed by atoms with Crippen molar-refractivity contribution in [2.75, 3.05) is 24.7 Å². The second kappa shape index (κ2) is 8.55. The molecule has 1 aromatic carbocycles. The molecule has 1 fully saturated rings. The summed E-state index contributed by atoms with van der Waals surface area (Å²) < 4.78 is 38.2. The van der Waals surface area contributed by atoms with E-state index in [9.17, 15) is 18.0 Å². The van der Waals surface area contributed by atoms with Gasteiger partial charge in [-0.05, 0) is 29.8 Å². The van der Waals surface area contributed by atoms with E-state index in [1.54, 1.807) is 12.1 Å². The van der Waals surface area contributed by atoms with E-state index < -0.39 is 11.7 Å². The predicted octanol–water partition coefficient (Wildman–Crippen LogP) is 4.30. The topological polar surface area (TPSA) is 54.5 Å². The number of hydrogen-bond donors (Lipinski definition) is 1. The number of nitrogens with one attached hydrogen (secondary N) is 1. The van der Waals surface area contributed by atoms with Crippen molar-refractivity contribution < 1.29 is 22.8 Å². The predicted molar refractivity (Wildman–Crippen MR) is 99.3 cm³/mol. The summed E-state index contributed by atoms with van der Waals surface area (Å²) in [5, 5.41) is 5.35. The SMILES string of the molecule is O=CON(CC1CNCC1c1ccc(Cl)c(Cl)c1)c1ccc(C(F)(F)F)cn1. The maximum absolute atomic E-state index is 12.7. The van der Waals surface area contributed by atoms with Crippen molar-refractivity contribution in [2.45, 2.75) is 12.1 Å². The third-order valence-corrected chi connectivity index (χ3v) is 5.35. The maximum atomic E-state index is 12.7. The molecule has 0 radical (unpaired) electrons. The van der Waals surface area contributed by atoms with E-state index in [0.717, 1.165) is 11.6 Å². The summed E-state index contributed by atoms with van der Waals surface area (Å²) in [6.45, 7) is 1.77. The number of carbonyl (C=O) groups excluding carboxylic acids is 1. The molecule has 0 saturated carbocycles. The molecule has 1 aromatic heterocycles. The number of pyridine rings is 1. The molecule has 2 heterocycles. The number of rotatable bonds is 6. The standard InChI is InChI=1S/C18H16Cl2F3N3O2/c19-15-3-1-11(5-16(15)20)14-8-24-6-12(14)9-26(28-10-27)17-4-2-13(7-25-17)18(21,22)23/h1-5,7,10,12,14,24H,6,8-9H2. The van der Waals surface area contributed by atoms with Crippen LogP contribution >= 0.6 is 23.2 Å². The summed E-state index contributed by atoms with van der Waals surface area (Å²) in [5.41, 5.74) is 0.0920. The summed E-state index contributed by atoms with van der Waals surface area (Å²) in [5.74, 6) is 0.170. The Morgan fingerprint density at radius 1 is 1.21 bits per heavy atom. The fraction of sp³-hybridized carbons (Fsp3) is 0.333. The molecule has 150 valence electrons. The van der Waals surface area contributed by atoms with Crippen molar-refractivity contribution in [3.05, 3.63) is 57.7 Å². The van der Waals surface area contributed by atoms with Gasteiger partial charge in [-0.3, -0.25) is 4.79 Å². The van der Waals surface area contributed by atoms with Crippen LogP contribution in [0.1, 0.15) is 17.0 Å². The Morgan fingerprint density at radius 3 is 2.61 bits per heavy atom. The van der Waals surface area contributed by atoms with Crippen LogP contribution in [0.5, 0.6) is 0 Å². The molecule has 28 heavy (non-hydrogen) atoms. The fourth-order valence-corrected chi connectivity index (χ4v) is 3.52. The monoisotopic (exact) mass is 433 g/mol. The molecule has 3 rings (SSSR count). The van der Waals surface area contributed by atoms with Gasteiger partial charge in [-0.25, -0.2) is 4.98 Å². The third-order valence-electron chi connectivity index (χ3n) is 4.61. The minimum atomic E-state index is -4.49. The van der Waals surface area contributed by atoms with Crippen LogP contribution < -0.4 is 10.4 Å². The molecule has 1 aliphatic heterocycles. The van der Waals surface area contributed by atoms with Crippen molar-refractivity contribution in [1.29, 1.82) is 0 Å². The van der Waals surface area contributed by atoms with E-state index in [0.29, 0.717) is 29.3 Å². The molecule has 2 atom stereocenters. The maximum Gasteiger partial charge on any atom is 0.417 e. The zero-order chi connectivity index (χ0) is 20.3. The van der Waals surface area contributed by atoms with Gasteiger partial charge in [-0.15, -0.1) is 0 Å². The lowest BCUT2D eigenvalue weighted by atomic mass is 9.89. The van der Waals surface area contributed by atoms with Crippen molar-refractivity contribution in [2.24, 2.45) is 5.92 Å². The van der Waals surface area contributed by atoms with E-state index in [-0.39, 0.29) is 30.7 Å². The first kappa shape index (κ1) is 20.7. The highest BCUT2D eigenvalue weighted by Gasteiger charge is 2.33. The molecule has 0 aliphatic carbocycles. The summed E-state index contributed by atoms with van der Waals surface area (Å²) in [7, 11) is 0. The molecule has 0 bridgehead atoms. The van der Waals surface area contributed by atoms with Gasteiger partial charge >= 0.3 is 12.6 Å². The Labute approximate surface area is 169 Å². The number of alkyl halides is 3. The highest BCUT2D eigenvalue weighted by atomic mass is 35.5. The Bertz CT molecular complexity index is 834. The lowest BCUT2D eigenvalue weighted by molar-refractivity contribution is -0.138. The van der Waals surface area contributed by atoms with Gasteiger partial charge in [-0.2, -0.15) is 18.2 Å². The largest absolute Gasteiger partial charge is 0.417 e. The molecular formula is C18H16Cl2F3N3O2. The zero-order valence-electron chi connectivity index (χ0n) is 14.4. The molecule has 2 aromatic rings. The average Bonchev–Trinajstić information content (AvgIpc) is 3.11.